The van der Waals surface area contributed by atoms with Crippen LogP contribution in [0.4, 0.5) is 0 Å². The Labute approximate surface area is 107 Å². The molecule has 0 aliphatic carbocycles. The predicted octanol–water partition coefficient (Wildman–Crippen LogP) is -1.92. The summed E-state index contributed by atoms with van der Waals surface area (Å²) < 4.78 is 0. The Kier molecular flexibility index (Phi) is 3.54. The van der Waals surface area contributed by atoms with Crippen molar-refractivity contribution in [3.8, 4) is 0 Å². The van der Waals surface area contributed by atoms with Crippen molar-refractivity contribution in [2.45, 2.75) is 31.5 Å². The van der Waals surface area contributed by atoms with E-state index >= 15 is 0 Å². The minimum atomic E-state index is -0.912. The van der Waals surface area contributed by atoms with E-state index in [1.807, 2.05) is 0 Å². The second-order valence-electron chi connectivity index (χ2n) is 4.52. The summed E-state index contributed by atoms with van der Waals surface area (Å²) >= 11 is 0. The second kappa shape index (κ2) is 4.98. The number of H-pyrrole nitrogens is 2. The van der Waals surface area contributed by atoms with E-state index in [1.165, 1.54) is 18.0 Å². The number of hydrogen-bond donors (Lipinski definition) is 4. The SMILES string of the molecule is CC(=O)N1[C@H](CO)[C@@H](O)C[C@H]1c1c[nH]c(=O)[nH]c1=O. The molecule has 8 nitrogen and oxygen atoms in total. The number of hydrogen-bond acceptors (Lipinski definition) is 5. The molecule has 1 aliphatic rings. The third-order valence-electron chi connectivity index (χ3n) is 3.36. The minimum Gasteiger partial charge on any atom is -0.394 e. The zero-order valence-corrected chi connectivity index (χ0v) is 10.3. The van der Waals surface area contributed by atoms with Gasteiger partial charge in [0.2, 0.25) is 5.91 Å². The number of nitrogens with zero attached hydrogens (tertiary/aromatic N) is 1. The molecule has 1 amide bonds. The molecule has 4 N–H and O–H groups in total. The number of aromatic amines is 2. The fraction of sp³-hybridized carbons (Fsp3) is 0.545. The molecule has 0 unspecified atom stereocenters. The number of carbonyl (C=O) groups excluding carboxylic acids is 1. The molecule has 0 saturated carbocycles. The standard InChI is InChI=1S/C11H15N3O5/c1-5(16)14-7(2-9(17)8(14)4-15)6-3-12-11(19)13-10(6)18/h3,7-9,15,17H,2,4H2,1H3,(H2,12,13,18,19)/t7-,8+,9-/m0/s1. The van der Waals surface area contributed by atoms with Crippen molar-refractivity contribution >= 4 is 5.91 Å². The van der Waals surface area contributed by atoms with Crippen LogP contribution in [-0.4, -0.2) is 49.7 Å². The van der Waals surface area contributed by atoms with Gasteiger partial charge in [0.25, 0.3) is 5.56 Å². The van der Waals surface area contributed by atoms with E-state index in [9.17, 15) is 24.6 Å². The number of aromatic nitrogens is 2. The molecule has 2 rings (SSSR count). The zero-order chi connectivity index (χ0) is 14.2. The van der Waals surface area contributed by atoms with Crippen molar-refractivity contribution in [2.75, 3.05) is 6.61 Å². The molecule has 0 bridgehead atoms. The van der Waals surface area contributed by atoms with Gasteiger partial charge in [0, 0.05) is 19.5 Å². The van der Waals surface area contributed by atoms with Gasteiger partial charge in [0.05, 0.1) is 30.4 Å². The number of likely N-dealkylation sites (tertiary alicyclic amines) is 1. The highest BCUT2D eigenvalue weighted by Crippen LogP contribution is 2.34. The topological polar surface area (TPSA) is 126 Å². The minimum absolute atomic E-state index is 0.139. The number of aliphatic hydroxyl groups excluding tert-OH is 2. The first-order valence-corrected chi connectivity index (χ1v) is 5.85. The van der Waals surface area contributed by atoms with Gasteiger partial charge in [-0.05, 0) is 0 Å². The molecule has 8 heteroatoms. The maximum atomic E-state index is 11.7. The molecule has 0 radical (unpaired) electrons. The van der Waals surface area contributed by atoms with E-state index in [1.54, 1.807) is 0 Å². The van der Waals surface area contributed by atoms with E-state index in [0.29, 0.717) is 0 Å². The first-order chi connectivity index (χ1) is 8.95. The van der Waals surface area contributed by atoms with Crippen LogP contribution >= 0.6 is 0 Å². The van der Waals surface area contributed by atoms with Crippen LogP contribution in [0.15, 0.2) is 15.8 Å². The normalized spacial score (nSPS) is 26.7. The van der Waals surface area contributed by atoms with Gasteiger partial charge in [-0.15, -0.1) is 0 Å². The number of aliphatic hydroxyl groups is 2. The third-order valence-corrected chi connectivity index (χ3v) is 3.36. The summed E-state index contributed by atoms with van der Waals surface area (Å²) in [5.41, 5.74) is -1.06. The number of nitrogens with one attached hydrogen (secondary N) is 2. The van der Waals surface area contributed by atoms with Gasteiger partial charge in [-0.1, -0.05) is 0 Å². The highest BCUT2D eigenvalue weighted by Gasteiger charge is 2.43. The van der Waals surface area contributed by atoms with Gasteiger partial charge in [0.1, 0.15) is 0 Å². The largest absolute Gasteiger partial charge is 0.394 e. The highest BCUT2D eigenvalue weighted by molar-refractivity contribution is 5.74. The zero-order valence-electron chi connectivity index (χ0n) is 10.3. The Balaban J connectivity index is 2.46. The van der Waals surface area contributed by atoms with Gasteiger partial charge in [0.15, 0.2) is 0 Å². The van der Waals surface area contributed by atoms with Crippen LogP contribution in [0.25, 0.3) is 0 Å². The summed E-state index contributed by atoms with van der Waals surface area (Å²) in [5, 5.41) is 19.1. The molecule has 0 spiro atoms. The molecule has 1 aliphatic heterocycles. The van der Waals surface area contributed by atoms with E-state index < -0.39 is 36.0 Å². The van der Waals surface area contributed by atoms with Crippen LogP contribution in [0.1, 0.15) is 24.9 Å². The quantitative estimate of drug-likeness (QED) is 0.498. The smallest absolute Gasteiger partial charge is 0.325 e. The van der Waals surface area contributed by atoms with E-state index in [4.69, 9.17) is 0 Å². The summed E-state index contributed by atoms with van der Waals surface area (Å²) in [6.45, 7) is 0.909. The first kappa shape index (κ1) is 13.5. The van der Waals surface area contributed by atoms with Crippen LogP contribution in [0.3, 0.4) is 0 Å². The van der Waals surface area contributed by atoms with Crippen molar-refractivity contribution in [1.82, 2.24) is 14.9 Å². The van der Waals surface area contributed by atoms with Crippen molar-refractivity contribution in [2.24, 2.45) is 0 Å². The summed E-state index contributed by atoms with van der Waals surface area (Å²) in [4.78, 5) is 40.0. The molecular weight excluding hydrogens is 254 g/mol. The lowest BCUT2D eigenvalue weighted by Crippen LogP contribution is -2.43. The highest BCUT2D eigenvalue weighted by atomic mass is 16.3. The van der Waals surface area contributed by atoms with Crippen molar-refractivity contribution < 1.29 is 15.0 Å². The molecule has 1 fully saturated rings. The Bertz CT molecular complexity index is 592. The van der Waals surface area contributed by atoms with Crippen LogP contribution in [0.2, 0.25) is 0 Å². The molecule has 1 saturated heterocycles. The molecule has 1 aromatic heterocycles. The Morgan fingerprint density at radius 3 is 2.74 bits per heavy atom. The lowest BCUT2D eigenvalue weighted by Gasteiger charge is -2.28. The lowest BCUT2D eigenvalue weighted by molar-refractivity contribution is -0.133. The maximum Gasteiger partial charge on any atom is 0.325 e. The van der Waals surface area contributed by atoms with Crippen molar-refractivity contribution in [3.63, 3.8) is 0 Å². The predicted molar refractivity (Wildman–Crippen MR) is 64.4 cm³/mol. The lowest BCUT2D eigenvalue weighted by atomic mass is 10.1. The number of amides is 1. The number of rotatable bonds is 2. The molecule has 104 valence electrons. The molecule has 3 atom stereocenters. The maximum absolute atomic E-state index is 11.7. The fourth-order valence-electron chi connectivity index (χ4n) is 2.52. The summed E-state index contributed by atoms with van der Waals surface area (Å²) in [7, 11) is 0. The summed E-state index contributed by atoms with van der Waals surface area (Å²) in [6, 6.07) is -1.40. The average Bonchev–Trinajstić information content (AvgIpc) is 2.65. The van der Waals surface area contributed by atoms with Gasteiger partial charge >= 0.3 is 5.69 Å². The summed E-state index contributed by atoms with van der Waals surface area (Å²) in [5.74, 6) is -0.355. The third kappa shape index (κ3) is 2.32. The van der Waals surface area contributed by atoms with E-state index in [0.717, 1.165) is 0 Å². The van der Waals surface area contributed by atoms with Crippen molar-refractivity contribution in [3.05, 3.63) is 32.6 Å². The fourth-order valence-corrected chi connectivity index (χ4v) is 2.52. The first-order valence-electron chi connectivity index (χ1n) is 5.85. The van der Waals surface area contributed by atoms with Gasteiger partial charge < -0.3 is 20.1 Å². The van der Waals surface area contributed by atoms with Crippen LogP contribution in [0, 0.1) is 0 Å². The second-order valence-corrected chi connectivity index (χ2v) is 4.52. The van der Waals surface area contributed by atoms with Gasteiger partial charge in [-0.2, -0.15) is 0 Å². The average molecular weight is 269 g/mol. The Morgan fingerprint density at radius 1 is 1.53 bits per heavy atom. The Morgan fingerprint density at radius 2 is 2.21 bits per heavy atom. The monoisotopic (exact) mass is 269 g/mol. The van der Waals surface area contributed by atoms with Crippen LogP contribution in [-0.2, 0) is 4.79 Å². The molecule has 2 heterocycles. The van der Waals surface area contributed by atoms with Crippen molar-refractivity contribution in [1.29, 1.82) is 0 Å². The molecule has 1 aromatic rings. The molecule has 19 heavy (non-hydrogen) atoms. The van der Waals surface area contributed by atoms with Crippen LogP contribution < -0.4 is 11.2 Å². The van der Waals surface area contributed by atoms with Gasteiger partial charge in [-0.3, -0.25) is 14.6 Å². The van der Waals surface area contributed by atoms with Gasteiger partial charge in [-0.25, -0.2) is 4.79 Å². The summed E-state index contributed by atoms with van der Waals surface area (Å²) in [6.07, 6.45) is 0.457. The molecule has 0 aromatic carbocycles. The van der Waals surface area contributed by atoms with E-state index in [-0.39, 0.29) is 17.9 Å². The number of carbonyl (C=O) groups is 1. The molecular formula is C11H15N3O5. The Hall–Kier alpha value is -1.93. The van der Waals surface area contributed by atoms with Crippen LogP contribution in [0.5, 0.6) is 0 Å². The van der Waals surface area contributed by atoms with E-state index in [2.05, 4.69) is 9.97 Å².